The van der Waals surface area contributed by atoms with Crippen LogP contribution in [0.3, 0.4) is 0 Å². The minimum Gasteiger partial charge on any atom is -0.278 e. The Bertz CT molecular complexity index is 901. The Hall–Kier alpha value is -1.72. The highest BCUT2D eigenvalue weighted by molar-refractivity contribution is 6.36. The second-order valence-corrected chi connectivity index (χ2v) is 6.06. The van der Waals surface area contributed by atoms with Crippen LogP contribution in [0.1, 0.15) is 22.4 Å². The molecule has 1 N–H and O–H groups in total. The lowest BCUT2D eigenvalue weighted by molar-refractivity contribution is -0.137. The molecule has 0 spiro atoms. The van der Waals surface area contributed by atoms with Crippen molar-refractivity contribution >= 4 is 34.1 Å². The van der Waals surface area contributed by atoms with Crippen LogP contribution in [0.2, 0.25) is 10.0 Å². The first-order valence-corrected chi connectivity index (χ1v) is 7.70. The Balaban J connectivity index is 1.88. The fourth-order valence-corrected chi connectivity index (χ4v) is 2.93. The van der Waals surface area contributed by atoms with E-state index in [0.717, 1.165) is 12.1 Å². The van der Waals surface area contributed by atoms with E-state index >= 15 is 0 Å². The minimum atomic E-state index is -4.39. The summed E-state index contributed by atoms with van der Waals surface area (Å²) in [4.78, 5) is 0. The summed E-state index contributed by atoms with van der Waals surface area (Å²) < 4.78 is 38.2. The van der Waals surface area contributed by atoms with Crippen molar-refractivity contribution in [1.29, 1.82) is 0 Å². The molecule has 7 heteroatoms. The first-order chi connectivity index (χ1) is 11.3. The van der Waals surface area contributed by atoms with Crippen LogP contribution < -0.4 is 0 Å². The topological polar surface area (TPSA) is 28.7 Å². The largest absolute Gasteiger partial charge is 0.416 e. The molecule has 0 amide bonds. The van der Waals surface area contributed by atoms with E-state index in [1.165, 1.54) is 6.07 Å². The Morgan fingerprint density at radius 1 is 1.17 bits per heavy atom. The van der Waals surface area contributed by atoms with Crippen LogP contribution in [-0.2, 0) is 12.6 Å². The zero-order valence-electron chi connectivity index (χ0n) is 12.2. The SMILES string of the molecule is [CH2]c1ccc(Cl)c([CH]Cc2n[nH]c3cc(C(F)(F)F)ccc23)c1Cl. The average molecular weight is 371 g/mol. The quantitative estimate of drug-likeness (QED) is 0.613. The fraction of sp³-hybridized carbons (Fsp3) is 0.118. The van der Waals surface area contributed by atoms with E-state index in [1.54, 1.807) is 18.6 Å². The highest BCUT2D eigenvalue weighted by Crippen LogP contribution is 2.33. The summed E-state index contributed by atoms with van der Waals surface area (Å²) in [6.07, 6.45) is -2.23. The molecule has 0 aliphatic rings. The van der Waals surface area contributed by atoms with Gasteiger partial charge in [0, 0.05) is 15.4 Å². The zero-order valence-corrected chi connectivity index (χ0v) is 13.7. The summed E-state index contributed by atoms with van der Waals surface area (Å²) in [7, 11) is 0. The standard InChI is InChI=1S/C17H11Cl2F3N2/c1-9-2-6-13(18)11(16(9)19)5-7-14-12-4-3-10(17(20,21)22)8-15(12)24-23-14/h2-6,8H,1,7H2,(H,23,24). The molecule has 1 aromatic heterocycles. The lowest BCUT2D eigenvalue weighted by atomic mass is 10.0. The molecule has 0 saturated heterocycles. The fourth-order valence-electron chi connectivity index (χ4n) is 2.41. The van der Waals surface area contributed by atoms with Gasteiger partial charge in [-0.05, 0) is 49.1 Å². The normalized spacial score (nSPS) is 12.1. The van der Waals surface area contributed by atoms with E-state index < -0.39 is 11.7 Å². The Kier molecular flexibility index (Phi) is 4.49. The van der Waals surface area contributed by atoms with E-state index in [0.29, 0.717) is 44.2 Å². The molecule has 0 saturated carbocycles. The van der Waals surface area contributed by atoms with E-state index in [1.807, 2.05) is 0 Å². The van der Waals surface area contributed by atoms with Gasteiger partial charge in [0.15, 0.2) is 0 Å². The number of hydrogen-bond donors (Lipinski definition) is 1. The third kappa shape index (κ3) is 3.23. The molecule has 2 nitrogen and oxygen atoms in total. The Morgan fingerprint density at radius 2 is 1.92 bits per heavy atom. The highest BCUT2D eigenvalue weighted by Gasteiger charge is 2.30. The number of hydrogen-bond acceptors (Lipinski definition) is 1. The van der Waals surface area contributed by atoms with Crippen LogP contribution >= 0.6 is 23.2 Å². The average Bonchev–Trinajstić information content (AvgIpc) is 2.93. The zero-order chi connectivity index (χ0) is 17.5. The Labute approximate surface area is 146 Å². The van der Waals surface area contributed by atoms with Crippen LogP contribution in [0, 0.1) is 13.3 Å². The van der Waals surface area contributed by atoms with Crippen molar-refractivity contribution in [3.8, 4) is 0 Å². The van der Waals surface area contributed by atoms with Crippen molar-refractivity contribution in [3.05, 3.63) is 76.1 Å². The van der Waals surface area contributed by atoms with E-state index in [9.17, 15) is 13.2 Å². The molecule has 124 valence electrons. The van der Waals surface area contributed by atoms with Crippen LogP contribution in [-0.4, -0.2) is 10.2 Å². The van der Waals surface area contributed by atoms with Crippen LogP contribution in [0.5, 0.6) is 0 Å². The van der Waals surface area contributed by atoms with Gasteiger partial charge in [0.05, 0.1) is 16.8 Å². The summed E-state index contributed by atoms with van der Waals surface area (Å²) in [5.41, 5.74) is 1.50. The number of nitrogens with zero attached hydrogens (tertiary/aromatic N) is 1. The lowest BCUT2D eigenvalue weighted by Gasteiger charge is -2.08. The molecule has 24 heavy (non-hydrogen) atoms. The number of alkyl halides is 3. The van der Waals surface area contributed by atoms with Crippen molar-refractivity contribution in [2.24, 2.45) is 0 Å². The van der Waals surface area contributed by atoms with Gasteiger partial charge >= 0.3 is 6.18 Å². The number of aromatic nitrogens is 2. The number of halogens is 5. The third-order valence-electron chi connectivity index (χ3n) is 3.68. The molecule has 0 aliphatic heterocycles. The molecule has 0 aliphatic carbocycles. The molecular weight excluding hydrogens is 360 g/mol. The van der Waals surface area contributed by atoms with Gasteiger partial charge in [-0.3, -0.25) is 5.10 Å². The van der Waals surface area contributed by atoms with Gasteiger partial charge in [0.25, 0.3) is 0 Å². The number of nitrogens with one attached hydrogen (secondary N) is 1. The Morgan fingerprint density at radius 3 is 2.62 bits per heavy atom. The molecule has 2 radical (unpaired) electrons. The summed E-state index contributed by atoms with van der Waals surface area (Å²) >= 11 is 12.3. The van der Waals surface area contributed by atoms with Gasteiger partial charge in [-0.25, -0.2) is 0 Å². The van der Waals surface area contributed by atoms with Gasteiger partial charge in [0.1, 0.15) is 0 Å². The van der Waals surface area contributed by atoms with Gasteiger partial charge in [-0.15, -0.1) is 0 Å². The van der Waals surface area contributed by atoms with Crippen molar-refractivity contribution < 1.29 is 13.2 Å². The lowest BCUT2D eigenvalue weighted by Crippen LogP contribution is -2.04. The van der Waals surface area contributed by atoms with Gasteiger partial charge in [-0.2, -0.15) is 18.3 Å². The van der Waals surface area contributed by atoms with Gasteiger partial charge in [0.2, 0.25) is 0 Å². The summed E-state index contributed by atoms with van der Waals surface area (Å²) in [6.45, 7) is 3.81. The van der Waals surface area contributed by atoms with Crippen LogP contribution in [0.25, 0.3) is 10.9 Å². The van der Waals surface area contributed by atoms with Crippen LogP contribution in [0.4, 0.5) is 13.2 Å². The molecule has 0 atom stereocenters. The molecule has 1 heterocycles. The van der Waals surface area contributed by atoms with Gasteiger partial charge in [-0.1, -0.05) is 35.3 Å². The van der Waals surface area contributed by atoms with E-state index in [4.69, 9.17) is 23.2 Å². The van der Waals surface area contributed by atoms with Crippen molar-refractivity contribution in [1.82, 2.24) is 10.2 Å². The number of fused-ring (bicyclic) bond motifs is 1. The summed E-state index contributed by atoms with van der Waals surface area (Å²) in [5, 5.41) is 8.27. The third-order valence-corrected chi connectivity index (χ3v) is 4.45. The predicted molar refractivity (Wildman–Crippen MR) is 89.1 cm³/mol. The van der Waals surface area contributed by atoms with E-state index in [2.05, 4.69) is 17.1 Å². The monoisotopic (exact) mass is 370 g/mol. The molecule has 0 bridgehead atoms. The molecule has 0 unspecified atom stereocenters. The number of benzene rings is 2. The van der Waals surface area contributed by atoms with Crippen LogP contribution in [0.15, 0.2) is 30.3 Å². The maximum Gasteiger partial charge on any atom is 0.416 e. The van der Waals surface area contributed by atoms with Crippen molar-refractivity contribution in [2.75, 3.05) is 0 Å². The minimum absolute atomic E-state index is 0.330. The first-order valence-electron chi connectivity index (χ1n) is 6.94. The van der Waals surface area contributed by atoms with Crippen molar-refractivity contribution in [2.45, 2.75) is 12.6 Å². The smallest absolute Gasteiger partial charge is 0.278 e. The highest BCUT2D eigenvalue weighted by atomic mass is 35.5. The molecule has 3 rings (SSSR count). The molecular formula is C17H11Cl2F3N2. The number of H-pyrrole nitrogens is 1. The maximum absolute atomic E-state index is 12.7. The molecule has 0 fully saturated rings. The second-order valence-electron chi connectivity index (χ2n) is 5.27. The predicted octanol–water partition coefficient (Wildman–Crippen LogP) is 5.87. The molecule has 2 aromatic carbocycles. The summed E-state index contributed by atoms with van der Waals surface area (Å²) in [6, 6.07) is 6.90. The maximum atomic E-state index is 12.7. The van der Waals surface area contributed by atoms with E-state index in [-0.39, 0.29) is 0 Å². The van der Waals surface area contributed by atoms with Crippen molar-refractivity contribution in [3.63, 3.8) is 0 Å². The number of rotatable bonds is 3. The van der Waals surface area contributed by atoms with Gasteiger partial charge < -0.3 is 0 Å². The summed E-state index contributed by atoms with van der Waals surface area (Å²) in [5.74, 6) is 0. The molecule has 3 aromatic rings. The number of aromatic amines is 1. The second kappa shape index (κ2) is 6.30. The first kappa shape index (κ1) is 17.1.